The van der Waals surface area contributed by atoms with Gasteiger partial charge in [-0.05, 0) is 36.7 Å². The first-order valence-electron chi connectivity index (χ1n) is 6.40. The second kappa shape index (κ2) is 5.58. The van der Waals surface area contributed by atoms with Crippen LogP contribution in [0.2, 0.25) is 0 Å². The first kappa shape index (κ1) is 15.3. The average molecular weight is 338 g/mol. The van der Waals surface area contributed by atoms with E-state index < -0.39 is 11.9 Å². The van der Waals surface area contributed by atoms with E-state index in [2.05, 4.69) is 14.5 Å². The minimum atomic E-state index is -4.50. The van der Waals surface area contributed by atoms with Crippen molar-refractivity contribution in [1.29, 1.82) is 0 Å². The normalized spacial score (nSPS) is 11.7. The Morgan fingerprint density at radius 1 is 1.22 bits per heavy atom. The SMILES string of the molecule is Cc1cc(-c2ccc(C(F)(F)F)nc2)nn(-c2cnsc2)c1=O. The van der Waals surface area contributed by atoms with Crippen molar-refractivity contribution in [2.45, 2.75) is 13.1 Å². The van der Waals surface area contributed by atoms with E-state index in [1.807, 2.05) is 0 Å². The number of rotatable bonds is 2. The molecule has 0 aliphatic carbocycles. The molecule has 0 fully saturated rings. The first-order valence-corrected chi connectivity index (χ1v) is 7.24. The Morgan fingerprint density at radius 3 is 2.57 bits per heavy atom. The molecule has 0 amide bonds. The molecule has 0 unspecified atom stereocenters. The van der Waals surface area contributed by atoms with Gasteiger partial charge in [0.2, 0.25) is 0 Å². The van der Waals surface area contributed by atoms with Crippen molar-refractivity contribution in [2.75, 3.05) is 0 Å². The van der Waals surface area contributed by atoms with Gasteiger partial charge in [0.1, 0.15) is 5.69 Å². The van der Waals surface area contributed by atoms with Gasteiger partial charge in [-0.25, -0.2) is 0 Å². The summed E-state index contributed by atoms with van der Waals surface area (Å²) in [4.78, 5) is 15.6. The molecule has 118 valence electrons. The van der Waals surface area contributed by atoms with Crippen LogP contribution >= 0.6 is 11.5 Å². The van der Waals surface area contributed by atoms with Gasteiger partial charge in [0.15, 0.2) is 0 Å². The van der Waals surface area contributed by atoms with Crippen LogP contribution in [0.1, 0.15) is 11.3 Å². The summed E-state index contributed by atoms with van der Waals surface area (Å²) in [7, 11) is 0. The molecule has 3 aromatic rings. The third-order valence-corrected chi connectivity index (χ3v) is 3.68. The van der Waals surface area contributed by atoms with Crippen LogP contribution in [-0.4, -0.2) is 19.1 Å². The molecule has 3 rings (SSSR count). The molecule has 0 aliphatic heterocycles. The molecule has 0 saturated heterocycles. The summed E-state index contributed by atoms with van der Waals surface area (Å²) in [5.74, 6) is 0. The second-order valence-corrected chi connectivity index (χ2v) is 5.40. The minimum Gasteiger partial charge on any atom is -0.267 e. The predicted octanol–water partition coefficient (Wildman–Crippen LogP) is 3.08. The number of hydrogen-bond donors (Lipinski definition) is 0. The highest BCUT2D eigenvalue weighted by atomic mass is 32.1. The van der Waals surface area contributed by atoms with Gasteiger partial charge in [-0.3, -0.25) is 9.78 Å². The summed E-state index contributed by atoms with van der Waals surface area (Å²) in [5.41, 5.74) is 0.376. The number of aryl methyl sites for hydroxylation is 1. The van der Waals surface area contributed by atoms with Crippen molar-refractivity contribution in [3.8, 4) is 16.9 Å². The Bertz CT molecular complexity index is 886. The van der Waals surface area contributed by atoms with Crippen molar-refractivity contribution < 1.29 is 13.2 Å². The molecular formula is C14H9F3N4OS. The van der Waals surface area contributed by atoms with Gasteiger partial charge in [0, 0.05) is 22.7 Å². The molecule has 23 heavy (non-hydrogen) atoms. The van der Waals surface area contributed by atoms with Gasteiger partial charge in [-0.15, -0.1) is 0 Å². The number of nitrogens with zero attached hydrogens (tertiary/aromatic N) is 4. The lowest BCUT2D eigenvalue weighted by atomic mass is 10.1. The second-order valence-electron chi connectivity index (χ2n) is 4.74. The van der Waals surface area contributed by atoms with E-state index in [4.69, 9.17) is 0 Å². The Morgan fingerprint density at radius 2 is 2.00 bits per heavy atom. The topological polar surface area (TPSA) is 60.7 Å². The van der Waals surface area contributed by atoms with Crippen LogP contribution in [0.4, 0.5) is 13.2 Å². The average Bonchev–Trinajstić information content (AvgIpc) is 3.03. The molecule has 0 radical (unpaired) electrons. The van der Waals surface area contributed by atoms with Crippen LogP contribution in [0.3, 0.4) is 0 Å². The molecule has 0 aliphatic rings. The van der Waals surface area contributed by atoms with Crippen LogP contribution in [-0.2, 0) is 6.18 Å². The number of halogens is 3. The number of pyridine rings is 1. The molecule has 9 heteroatoms. The van der Waals surface area contributed by atoms with Crippen LogP contribution in [0, 0.1) is 6.92 Å². The fraction of sp³-hybridized carbons (Fsp3) is 0.143. The molecule has 0 aromatic carbocycles. The molecule has 0 spiro atoms. The van der Waals surface area contributed by atoms with E-state index in [1.54, 1.807) is 12.3 Å². The van der Waals surface area contributed by atoms with Crippen molar-refractivity contribution in [3.63, 3.8) is 0 Å². The maximum atomic E-state index is 12.6. The molecule has 0 atom stereocenters. The lowest BCUT2D eigenvalue weighted by Gasteiger charge is -2.09. The Labute approximate surface area is 132 Å². The summed E-state index contributed by atoms with van der Waals surface area (Å²) in [5, 5.41) is 5.84. The third-order valence-electron chi connectivity index (χ3n) is 3.10. The zero-order valence-corrected chi connectivity index (χ0v) is 12.5. The quantitative estimate of drug-likeness (QED) is 0.720. The zero-order valence-electron chi connectivity index (χ0n) is 11.7. The monoisotopic (exact) mass is 338 g/mol. The van der Waals surface area contributed by atoms with E-state index in [-0.39, 0.29) is 5.56 Å². The maximum Gasteiger partial charge on any atom is 0.433 e. The summed E-state index contributed by atoms with van der Waals surface area (Å²) in [6.45, 7) is 1.61. The largest absolute Gasteiger partial charge is 0.433 e. The van der Waals surface area contributed by atoms with Crippen molar-refractivity contribution in [3.05, 3.63) is 57.6 Å². The highest BCUT2D eigenvalue weighted by Gasteiger charge is 2.32. The van der Waals surface area contributed by atoms with E-state index in [0.29, 0.717) is 22.5 Å². The summed E-state index contributed by atoms with van der Waals surface area (Å²) in [6, 6.07) is 3.68. The van der Waals surface area contributed by atoms with Crippen LogP contribution in [0.25, 0.3) is 16.9 Å². The molecular weight excluding hydrogens is 329 g/mol. The standard InChI is InChI=1S/C14H9F3N4OS/c1-8-4-11(9-2-3-12(18-5-9)14(15,16)17)20-21(13(8)22)10-6-19-23-7-10/h2-7H,1H3. The van der Waals surface area contributed by atoms with E-state index in [9.17, 15) is 18.0 Å². The molecule has 3 aromatic heterocycles. The van der Waals surface area contributed by atoms with Gasteiger partial charge in [0.25, 0.3) is 5.56 Å². The Kier molecular flexibility index (Phi) is 3.72. The summed E-state index contributed by atoms with van der Waals surface area (Å²) < 4.78 is 42.8. The van der Waals surface area contributed by atoms with Crippen molar-refractivity contribution in [1.82, 2.24) is 19.1 Å². The van der Waals surface area contributed by atoms with Crippen LogP contribution < -0.4 is 5.56 Å². The van der Waals surface area contributed by atoms with Gasteiger partial charge >= 0.3 is 6.18 Å². The summed E-state index contributed by atoms with van der Waals surface area (Å²) >= 11 is 1.17. The Hall–Kier alpha value is -2.55. The molecule has 3 heterocycles. The highest BCUT2D eigenvalue weighted by Crippen LogP contribution is 2.28. The van der Waals surface area contributed by atoms with Crippen molar-refractivity contribution in [2.24, 2.45) is 0 Å². The smallest absolute Gasteiger partial charge is 0.267 e. The van der Waals surface area contributed by atoms with Crippen LogP contribution in [0.5, 0.6) is 0 Å². The number of aromatic nitrogens is 4. The predicted molar refractivity (Wildman–Crippen MR) is 78.5 cm³/mol. The van der Waals surface area contributed by atoms with Gasteiger partial charge < -0.3 is 0 Å². The molecule has 0 saturated carbocycles. The fourth-order valence-electron chi connectivity index (χ4n) is 1.95. The number of hydrogen-bond acceptors (Lipinski definition) is 5. The van der Waals surface area contributed by atoms with Gasteiger partial charge in [-0.1, -0.05) is 0 Å². The first-order chi connectivity index (χ1) is 10.9. The van der Waals surface area contributed by atoms with Crippen molar-refractivity contribution >= 4 is 11.5 Å². The molecule has 0 N–H and O–H groups in total. The van der Waals surface area contributed by atoms with Crippen LogP contribution in [0.15, 0.2) is 40.8 Å². The highest BCUT2D eigenvalue weighted by molar-refractivity contribution is 7.03. The van der Waals surface area contributed by atoms with E-state index in [1.165, 1.54) is 34.5 Å². The van der Waals surface area contributed by atoms with E-state index in [0.717, 1.165) is 12.3 Å². The lowest BCUT2D eigenvalue weighted by molar-refractivity contribution is -0.141. The lowest BCUT2D eigenvalue weighted by Crippen LogP contribution is -2.23. The van der Waals surface area contributed by atoms with E-state index >= 15 is 0 Å². The van der Waals surface area contributed by atoms with Gasteiger partial charge in [0.05, 0.1) is 17.6 Å². The maximum absolute atomic E-state index is 12.6. The number of alkyl halides is 3. The van der Waals surface area contributed by atoms with Gasteiger partial charge in [-0.2, -0.15) is 27.3 Å². The summed E-state index contributed by atoms with van der Waals surface area (Å²) in [6.07, 6.45) is -1.92. The third kappa shape index (κ3) is 3.00. The molecule has 0 bridgehead atoms. The zero-order chi connectivity index (χ0) is 16.6. The Balaban J connectivity index is 2.09. The fourth-order valence-corrected chi connectivity index (χ4v) is 2.45. The minimum absolute atomic E-state index is 0.311. The molecule has 5 nitrogen and oxygen atoms in total.